The third-order valence-electron chi connectivity index (χ3n) is 3.50. The SMILES string of the molecule is Cc1c(Cl)cccc1-n1c(SCCC#N)nnc1-c1ccncc1. The minimum absolute atomic E-state index is 0.455. The highest BCUT2D eigenvalue weighted by molar-refractivity contribution is 7.99. The molecule has 24 heavy (non-hydrogen) atoms. The molecule has 5 nitrogen and oxygen atoms in total. The average molecular weight is 356 g/mol. The Morgan fingerprint density at radius 2 is 2.00 bits per heavy atom. The zero-order chi connectivity index (χ0) is 16.9. The number of nitriles is 1. The first-order valence-corrected chi connectivity index (χ1v) is 8.69. The van der Waals surface area contributed by atoms with Crippen LogP contribution in [0.25, 0.3) is 17.1 Å². The predicted octanol–water partition coefficient (Wildman–Crippen LogP) is 4.30. The number of benzene rings is 1. The molecule has 3 aromatic rings. The van der Waals surface area contributed by atoms with Gasteiger partial charge < -0.3 is 0 Å². The molecule has 0 saturated carbocycles. The van der Waals surface area contributed by atoms with E-state index in [1.54, 1.807) is 12.4 Å². The molecule has 0 N–H and O–H groups in total. The van der Waals surface area contributed by atoms with Crippen LogP contribution in [0.15, 0.2) is 47.9 Å². The summed E-state index contributed by atoms with van der Waals surface area (Å²) in [5.41, 5.74) is 2.80. The molecule has 3 rings (SSSR count). The average Bonchev–Trinajstić information content (AvgIpc) is 3.02. The summed E-state index contributed by atoms with van der Waals surface area (Å²) in [7, 11) is 0. The van der Waals surface area contributed by atoms with Crippen molar-refractivity contribution in [3.05, 3.63) is 53.3 Å². The van der Waals surface area contributed by atoms with Gasteiger partial charge in [-0.3, -0.25) is 9.55 Å². The molecule has 7 heteroatoms. The second-order valence-corrected chi connectivity index (χ2v) is 6.49. The summed E-state index contributed by atoms with van der Waals surface area (Å²) in [4.78, 5) is 4.05. The van der Waals surface area contributed by atoms with Crippen molar-refractivity contribution in [1.29, 1.82) is 5.26 Å². The first kappa shape index (κ1) is 16.5. The standard InChI is InChI=1S/C17H14ClN5S/c1-12-14(18)4-2-5-15(12)23-16(13-6-9-20-10-7-13)21-22-17(23)24-11-3-8-19/h2,4-7,9-10H,3,11H2,1H3. The number of pyridine rings is 1. The number of rotatable bonds is 5. The third-order valence-corrected chi connectivity index (χ3v) is 4.84. The maximum Gasteiger partial charge on any atom is 0.196 e. The fourth-order valence-electron chi connectivity index (χ4n) is 2.29. The molecule has 120 valence electrons. The molecule has 0 unspecified atom stereocenters. The van der Waals surface area contributed by atoms with Gasteiger partial charge in [0.1, 0.15) is 0 Å². The molecule has 0 spiro atoms. The Balaban J connectivity index is 2.15. The van der Waals surface area contributed by atoms with Gasteiger partial charge in [-0.05, 0) is 36.8 Å². The van der Waals surface area contributed by atoms with Crippen LogP contribution >= 0.6 is 23.4 Å². The number of nitrogens with zero attached hydrogens (tertiary/aromatic N) is 5. The molecule has 0 saturated heterocycles. The Labute approximate surface area is 149 Å². The lowest BCUT2D eigenvalue weighted by atomic mass is 10.2. The summed E-state index contributed by atoms with van der Waals surface area (Å²) >= 11 is 7.80. The van der Waals surface area contributed by atoms with Crippen molar-refractivity contribution in [2.75, 3.05) is 5.75 Å². The minimum atomic E-state index is 0.455. The van der Waals surface area contributed by atoms with Crippen molar-refractivity contribution < 1.29 is 0 Å². The van der Waals surface area contributed by atoms with E-state index in [1.807, 2.05) is 41.8 Å². The highest BCUT2D eigenvalue weighted by atomic mass is 35.5. The molecule has 0 aliphatic heterocycles. The summed E-state index contributed by atoms with van der Waals surface area (Å²) in [6, 6.07) is 11.7. The van der Waals surface area contributed by atoms with Gasteiger partial charge in [0.15, 0.2) is 11.0 Å². The van der Waals surface area contributed by atoms with Gasteiger partial charge in [0.25, 0.3) is 0 Å². The highest BCUT2D eigenvalue weighted by Crippen LogP contribution is 2.31. The topological polar surface area (TPSA) is 67.4 Å². The monoisotopic (exact) mass is 355 g/mol. The Bertz CT molecular complexity index is 886. The van der Waals surface area contributed by atoms with Crippen LogP contribution in [0.2, 0.25) is 5.02 Å². The fourth-order valence-corrected chi connectivity index (χ4v) is 3.25. The molecule has 0 aliphatic rings. The zero-order valence-electron chi connectivity index (χ0n) is 13.0. The second kappa shape index (κ2) is 7.47. The Morgan fingerprint density at radius 3 is 2.75 bits per heavy atom. The van der Waals surface area contributed by atoms with E-state index < -0.39 is 0 Å². The Morgan fingerprint density at radius 1 is 1.21 bits per heavy atom. The lowest BCUT2D eigenvalue weighted by molar-refractivity contribution is 0.880. The summed E-state index contributed by atoms with van der Waals surface area (Å²) < 4.78 is 1.98. The minimum Gasteiger partial charge on any atom is -0.270 e. The summed E-state index contributed by atoms with van der Waals surface area (Å²) in [6.07, 6.45) is 3.90. The van der Waals surface area contributed by atoms with E-state index in [0.29, 0.717) is 17.2 Å². The van der Waals surface area contributed by atoms with Gasteiger partial charge in [0.05, 0.1) is 11.8 Å². The summed E-state index contributed by atoms with van der Waals surface area (Å²) in [5, 5.41) is 18.9. The third kappa shape index (κ3) is 3.28. The van der Waals surface area contributed by atoms with Crippen LogP contribution in [0, 0.1) is 18.3 Å². The second-order valence-electron chi connectivity index (χ2n) is 5.02. The first-order chi connectivity index (χ1) is 11.7. The lowest BCUT2D eigenvalue weighted by Gasteiger charge is -2.13. The van der Waals surface area contributed by atoms with Crippen molar-refractivity contribution in [2.24, 2.45) is 0 Å². The van der Waals surface area contributed by atoms with Gasteiger partial charge in [-0.2, -0.15) is 5.26 Å². The van der Waals surface area contributed by atoms with Crippen molar-refractivity contribution in [1.82, 2.24) is 19.7 Å². The molecule has 0 radical (unpaired) electrons. The van der Waals surface area contributed by atoms with E-state index >= 15 is 0 Å². The molecule has 2 aromatic heterocycles. The van der Waals surface area contributed by atoms with Gasteiger partial charge >= 0.3 is 0 Å². The molecule has 0 aliphatic carbocycles. The molecule has 1 aromatic carbocycles. The molecule has 0 amide bonds. The van der Waals surface area contributed by atoms with E-state index in [-0.39, 0.29) is 0 Å². The molecule has 0 fully saturated rings. The van der Waals surface area contributed by atoms with Gasteiger partial charge in [-0.15, -0.1) is 10.2 Å². The van der Waals surface area contributed by atoms with Gasteiger partial charge in [0.2, 0.25) is 0 Å². The van der Waals surface area contributed by atoms with E-state index in [1.165, 1.54) is 11.8 Å². The van der Waals surface area contributed by atoms with Crippen LogP contribution in [0.4, 0.5) is 0 Å². The normalized spacial score (nSPS) is 10.5. The molecular formula is C17H14ClN5S. The largest absolute Gasteiger partial charge is 0.270 e. The smallest absolute Gasteiger partial charge is 0.196 e. The summed E-state index contributed by atoms with van der Waals surface area (Å²) in [6.45, 7) is 1.97. The van der Waals surface area contributed by atoms with Crippen LogP contribution in [-0.4, -0.2) is 25.5 Å². The highest BCUT2D eigenvalue weighted by Gasteiger charge is 2.18. The van der Waals surface area contributed by atoms with Crippen LogP contribution < -0.4 is 0 Å². The van der Waals surface area contributed by atoms with E-state index in [0.717, 1.165) is 27.8 Å². The van der Waals surface area contributed by atoms with Crippen molar-refractivity contribution in [3.63, 3.8) is 0 Å². The van der Waals surface area contributed by atoms with Crippen molar-refractivity contribution in [3.8, 4) is 23.1 Å². The maximum absolute atomic E-state index is 8.76. The molecular weight excluding hydrogens is 342 g/mol. The molecule has 0 atom stereocenters. The van der Waals surface area contributed by atoms with Gasteiger partial charge in [0, 0.05) is 35.2 Å². The number of hydrogen-bond donors (Lipinski definition) is 0. The molecule has 0 bridgehead atoms. The van der Waals surface area contributed by atoms with E-state index in [2.05, 4.69) is 21.3 Å². The van der Waals surface area contributed by atoms with Crippen molar-refractivity contribution >= 4 is 23.4 Å². The maximum atomic E-state index is 8.76. The number of aromatic nitrogens is 4. The van der Waals surface area contributed by atoms with Gasteiger partial charge in [-0.25, -0.2) is 0 Å². The zero-order valence-corrected chi connectivity index (χ0v) is 14.6. The van der Waals surface area contributed by atoms with E-state index in [9.17, 15) is 0 Å². The lowest BCUT2D eigenvalue weighted by Crippen LogP contribution is -2.02. The number of halogens is 1. The fraction of sp³-hybridized carbons (Fsp3) is 0.176. The van der Waals surface area contributed by atoms with Crippen LogP contribution in [0.5, 0.6) is 0 Å². The van der Waals surface area contributed by atoms with Crippen LogP contribution in [-0.2, 0) is 0 Å². The van der Waals surface area contributed by atoms with Gasteiger partial charge in [-0.1, -0.05) is 29.4 Å². The van der Waals surface area contributed by atoms with Crippen molar-refractivity contribution in [2.45, 2.75) is 18.5 Å². The summed E-state index contributed by atoms with van der Waals surface area (Å²) in [5.74, 6) is 1.38. The van der Waals surface area contributed by atoms with E-state index in [4.69, 9.17) is 16.9 Å². The Hall–Kier alpha value is -2.36. The predicted molar refractivity (Wildman–Crippen MR) is 95.3 cm³/mol. The number of hydrogen-bond acceptors (Lipinski definition) is 5. The number of thioether (sulfide) groups is 1. The Kier molecular flexibility index (Phi) is 5.14. The first-order valence-electron chi connectivity index (χ1n) is 7.33. The van der Waals surface area contributed by atoms with Crippen LogP contribution in [0.3, 0.4) is 0 Å². The quantitative estimate of drug-likeness (QED) is 0.504. The van der Waals surface area contributed by atoms with Crippen LogP contribution in [0.1, 0.15) is 12.0 Å². The molecule has 2 heterocycles.